The van der Waals surface area contributed by atoms with E-state index in [0.717, 1.165) is 25.7 Å². The fourth-order valence-corrected chi connectivity index (χ4v) is 8.18. The van der Waals surface area contributed by atoms with Gasteiger partial charge in [-0.3, -0.25) is 0 Å². The Morgan fingerprint density at radius 1 is 0.933 bits per heavy atom. The van der Waals surface area contributed by atoms with Crippen molar-refractivity contribution < 1.29 is 14.7 Å². The molecule has 0 aliphatic carbocycles. The van der Waals surface area contributed by atoms with Crippen LogP contribution in [0.2, 0.25) is 0 Å². The van der Waals surface area contributed by atoms with E-state index in [1.807, 2.05) is 13.8 Å². The first-order valence-electron chi connectivity index (χ1n) is 5.64. The van der Waals surface area contributed by atoms with Crippen molar-refractivity contribution in [1.29, 1.82) is 0 Å². The molecule has 0 amide bonds. The fourth-order valence-electron chi connectivity index (χ4n) is 1.93. The third-order valence-corrected chi connectivity index (χ3v) is 9.04. The van der Waals surface area contributed by atoms with E-state index in [1.165, 1.54) is 0 Å². The molecule has 0 bridgehead atoms. The van der Waals surface area contributed by atoms with Gasteiger partial charge in [0.15, 0.2) is 0 Å². The Labute approximate surface area is 95.7 Å². The smallest absolute Gasteiger partial charge is 0.277 e. The average Bonchev–Trinajstić information content (AvgIpc) is 2.01. The van der Waals surface area contributed by atoms with E-state index in [2.05, 4.69) is 13.8 Å². The molecule has 15 heavy (non-hydrogen) atoms. The number of hydrogen-bond donors (Lipinski definition) is 3. The standard InChI is InChI=1S/C10H25O3PS/c1-5-7-9(3)15(14(11,12)13)10(4)8-6-2/h9-13H,5-8H2,1-4H3. The molecule has 0 aliphatic heterocycles. The van der Waals surface area contributed by atoms with Gasteiger partial charge in [0.2, 0.25) is 0 Å². The lowest BCUT2D eigenvalue weighted by molar-refractivity contribution is 0.362. The Morgan fingerprint density at radius 3 is 1.47 bits per heavy atom. The number of hydrogen-bond acceptors (Lipinski definition) is 0. The van der Waals surface area contributed by atoms with Crippen LogP contribution in [0.3, 0.4) is 0 Å². The second-order valence-electron chi connectivity index (χ2n) is 4.06. The average molecular weight is 256 g/mol. The second kappa shape index (κ2) is 7.08. The van der Waals surface area contributed by atoms with Crippen LogP contribution in [0.1, 0.15) is 53.4 Å². The molecule has 0 spiro atoms. The Kier molecular flexibility index (Phi) is 7.39. The summed E-state index contributed by atoms with van der Waals surface area (Å²) in [7, 11) is -0.653. The van der Waals surface area contributed by atoms with Crippen LogP contribution in [0.4, 0.5) is 0 Å². The first-order chi connectivity index (χ1) is 6.84. The molecule has 0 aromatic heterocycles. The lowest BCUT2D eigenvalue weighted by atomic mass is 10.3. The van der Waals surface area contributed by atoms with Gasteiger partial charge in [0.25, 0.3) is 6.72 Å². The van der Waals surface area contributed by atoms with Gasteiger partial charge in [-0.2, -0.15) is 0 Å². The van der Waals surface area contributed by atoms with Gasteiger partial charge in [0.1, 0.15) is 0 Å². The van der Waals surface area contributed by atoms with Gasteiger partial charge in [0.05, 0.1) is 0 Å². The van der Waals surface area contributed by atoms with Crippen LogP contribution in [-0.2, 0) is 10.1 Å². The minimum Gasteiger partial charge on any atom is -0.329 e. The molecule has 2 unspecified atom stereocenters. The molecule has 0 saturated heterocycles. The van der Waals surface area contributed by atoms with E-state index < -0.39 is 16.8 Å². The SMILES string of the molecule is CCCC(C)S(C(C)CCC)=P(O)(O)O. The summed E-state index contributed by atoms with van der Waals surface area (Å²) in [5.74, 6) is 0. The summed E-state index contributed by atoms with van der Waals surface area (Å²) in [6.07, 6.45) is 3.92. The normalized spacial score (nSPS) is 18.6. The molecular formula is C10H25O3PS. The molecule has 94 valence electrons. The highest BCUT2D eigenvalue weighted by molar-refractivity contribution is 8.28. The van der Waals surface area contributed by atoms with Crippen molar-refractivity contribution in [2.45, 2.75) is 63.9 Å². The topological polar surface area (TPSA) is 60.7 Å². The van der Waals surface area contributed by atoms with Crippen molar-refractivity contribution in [3.63, 3.8) is 0 Å². The Morgan fingerprint density at radius 2 is 1.27 bits per heavy atom. The van der Waals surface area contributed by atoms with Crippen LogP contribution in [0, 0.1) is 0 Å². The van der Waals surface area contributed by atoms with Crippen LogP contribution in [0.15, 0.2) is 0 Å². The zero-order valence-electron chi connectivity index (χ0n) is 10.2. The van der Waals surface area contributed by atoms with Crippen molar-refractivity contribution in [1.82, 2.24) is 0 Å². The van der Waals surface area contributed by atoms with Gasteiger partial charge in [0, 0.05) is 10.5 Å². The van der Waals surface area contributed by atoms with Gasteiger partial charge in [-0.25, -0.2) is 0 Å². The third kappa shape index (κ3) is 5.50. The highest BCUT2D eigenvalue weighted by Crippen LogP contribution is 2.41. The summed E-state index contributed by atoms with van der Waals surface area (Å²) in [4.78, 5) is 28.5. The zero-order chi connectivity index (χ0) is 12.1. The first-order valence-corrected chi connectivity index (χ1v) is 9.24. The monoisotopic (exact) mass is 256 g/mol. The minimum atomic E-state index is -3.67. The van der Waals surface area contributed by atoms with E-state index in [4.69, 9.17) is 0 Å². The molecule has 0 heterocycles. The van der Waals surface area contributed by atoms with Crippen molar-refractivity contribution in [2.75, 3.05) is 0 Å². The molecule has 0 fully saturated rings. The summed E-state index contributed by atoms with van der Waals surface area (Å²) in [5.41, 5.74) is 0. The predicted octanol–water partition coefficient (Wildman–Crippen LogP) is 2.64. The molecule has 0 aromatic carbocycles. The summed E-state index contributed by atoms with van der Waals surface area (Å²) in [5, 5.41) is 0.398. The largest absolute Gasteiger partial charge is 0.329 e. The molecule has 3 nitrogen and oxygen atoms in total. The maximum atomic E-state index is 9.51. The molecule has 3 N–H and O–H groups in total. The summed E-state index contributed by atoms with van der Waals surface area (Å²) in [6, 6.07) is 0. The maximum absolute atomic E-state index is 9.51. The third-order valence-electron chi connectivity index (χ3n) is 2.50. The maximum Gasteiger partial charge on any atom is 0.277 e. The molecule has 0 radical (unpaired) electrons. The second-order valence-corrected chi connectivity index (χ2v) is 10.1. The summed E-state index contributed by atoms with van der Waals surface area (Å²) < 4.78 is 0. The van der Waals surface area contributed by atoms with Crippen LogP contribution >= 0.6 is 6.72 Å². The van der Waals surface area contributed by atoms with Crippen LogP contribution < -0.4 is 0 Å². The van der Waals surface area contributed by atoms with Gasteiger partial charge in [-0.05, 0) is 12.8 Å². The van der Waals surface area contributed by atoms with Crippen LogP contribution in [0.25, 0.3) is 0 Å². The lowest BCUT2D eigenvalue weighted by Gasteiger charge is -2.26. The molecular weight excluding hydrogens is 231 g/mol. The van der Waals surface area contributed by atoms with Crippen molar-refractivity contribution in [3.05, 3.63) is 0 Å². The van der Waals surface area contributed by atoms with E-state index in [9.17, 15) is 14.7 Å². The van der Waals surface area contributed by atoms with Crippen LogP contribution in [-0.4, -0.2) is 25.2 Å². The lowest BCUT2D eigenvalue weighted by Crippen LogP contribution is -2.22. The van der Waals surface area contributed by atoms with Crippen molar-refractivity contribution in [2.24, 2.45) is 0 Å². The molecule has 0 rings (SSSR count). The Bertz CT molecular complexity index is 215. The fraction of sp³-hybridized carbons (Fsp3) is 1.00. The quantitative estimate of drug-likeness (QED) is 0.640. The molecule has 0 saturated carbocycles. The molecule has 5 heteroatoms. The Hall–Kier alpha value is 0.660. The molecule has 0 aromatic rings. The van der Waals surface area contributed by atoms with E-state index in [1.54, 1.807) is 0 Å². The van der Waals surface area contributed by atoms with Gasteiger partial charge in [-0.1, -0.05) is 40.5 Å². The molecule has 0 aliphatic rings. The van der Waals surface area contributed by atoms with Crippen molar-refractivity contribution >= 4 is 16.8 Å². The summed E-state index contributed by atoms with van der Waals surface area (Å²) in [6.45, 7) is 4.51. The van der Waals surface area contributed by atoms with Gasteiger partial charge < -0.3 is 14.7 Å². The number of rotatable bonds is 6. The Balaban J connectivity index is 4.92. The van der Waals surface area contributed by atoms with Crippen LogP contribution in [0.5, 0.6) is 0 Å². The minimum absolute atomic E-state index is 0.199. The van der Waals surface area contributed by atoms with E-state index >= 15 is 0 Å². The highest BCUT2D eigenvalue weighted by atomic mass is 32.5. The van der Waals surface area contributed by atoms with Gasteiger partial charge in [-0.15, -0.1) is 10.1 Å². The van der Waals surface area contributed by atoms with Gasteiger partial charge >= 0.3 is 0 Å². The van der Waals surface area contributed by atoms with E-state index in [-0.39, 0.29) is 10.5 Å². The van der Waals surface area contributed by atoms with Crippen molar-refractivity contribution in [3.8, 4) is 0 Å². The zero-order valence-corrected chi connectivity index (χ0v) is 11.9. The van der Waals surface area contributed by atoms with E-state index in [0.29, 0.717) is 0 Å². The summed E-state index contributed by atoms with van der Waals surface area (Å²) >= 11 is 0. The predicted molar refractivity (Wildman–Crippen MR) is 69.7 cm³/mol. The highest BCUT2D eigenvalue weighted by Gasteiger charge is 2.23. The molecule has 2 atom stereocenters. The first kappa shape index (κ1) is 15.7.